The lowest BCUT2D eigenvalue weighted by atomic mass is 10.1. The lowest BCUT2D eigenvalue weighted by molar-refractivity contribution is -0.384. The molecule has 0 saturated carbocycles. The topological polar surface area (TPSA) is 55.2 Å². The normalized spacial score (nSPS) is 10.4. The Morgan fingerprint density at radius 3 is 2.57 bits per heavy atom. The molecule has 6 heteroatoms. The number of nitrogens with zero attached hydrogens (tertiary/aromatic N) is 1. The van der Waals surface area contributed by atoms with Gasteiger partial charge in [0.05, 0.1) is 9.95 Å². The number of nitro groups is 1. The Kier molecular flexibility index (Phi) is 4.75. The van der Waals surface area contributed by atoms with E-state index in [2.05, 4.69) is 5.32 Å². The van der Waals surface area contributed by atoms with Crippen LogP contribution in [0.25, 0.3) is 0 Å². The summed E-state index contributed by atoms with van der Waals surface area (Å²) in [6.45, 7) is 2.41. The highest BCUT2D eigenvalue weighted by Crippen LogP contribution is 2.30. The van der Waals surface area contributed by atoms with Gasteiger partial charge in [0.15, 0.2) is 0 Å². The summed E-state index contributed by atoms with van der Waals surface area (Å²) in [6, 6.07) is 9.83. The first-order valence-electron chi connectivity index (χ1n) is 6.47. The summed E-state index contributed by atoms with van der Waals surface area (Å²) in [5.74, 6) is -0.687. The van der Waals surface area contributed by atoms with Gasteiger partial charge in [-0.05, 0) is 17.5 Å². The predicted molar refractivity (Wildman–Crippen MR) is 81.2 cm³/mol. The Morgan fingerprint density at radius 2 is 1.95 bits per heavy atom. The quantitative estimate of drug-likeness (QED) is 0.650. The number of hydrogen-bond acceptors (Lipinski definition) is 3. The van der Waals surface area contributed by atoms with E-state index in [1.54, 1.807) is 0 Å². The zero-order valence-corrected chi connectivity index (χ0v) is 12.2. The van der Waals surface area contributed by atoms with Crippen molar-refractivity contribution >= 4 is 23.0 Å². The molecule has 0 saturated heterocycles. The molecule has 0 aliphatic carbocycles. The summed E-state index contributed by atoms with van der Waals surface area (Å²) < 4.78 is 13.5. The maximum absolute atomic E-state index is 13.5. The summed E-state index contributed by atoms with van der Waals surface area (Å²) in [7, 11) is 0. The number of halogens is 2. The van der Waals surface area contributed by atoms with Crippen LogP contribution in [0.4, 0.5) is 15.8 Å². The second kappa shape index (κ2) is 6.54. The maximum atomic E-state index is 13.5. The highest BCUT2D eigenvalue weighted by molar-refractivity contribution is 6.31. The van der Waals surface area contributed by atoms with Crippen molar-refractivity contribution in [1.82, 2.24) is 0 Å². The van der Waals surface area contributed by atoms with Crippen LogP contribution in [0.3, 0.4) is 0 Å². The van der Waals surface area contributed by atoms with Crippen molar-refractivity contribution in [2.75, 3.05) is 5.32 Å². The van der Waals surface area contributed by atoms with Gasteiger partial charge in [0.1, 0.15) is 11.5 Å². The molecular weight excluding hydrogens is 295 g/mol. The zero-order valence-electron chi connectivity index (χ0n) is 11.4. The Bertz CT molecular complexity index is 677. The molecule has 1 N–H and O–H groups in total. The van der Waals surface area contributed by atoms with Crippen molar-refractivity contribution in [3.63, 3.8) is 0 Å². The molecule has 0 spiro atoms. The van der Waals surface area contributed by atoms with E-state index < -0.39 is 10.7 Å². The summed E-state index contributed by atoms with van der Waals surface area (Å²) in [6.07, 6.45) is 0.856. The van der Waals surface area contributed by atoms with E-state index in [4.69, 9.17) is 11.6 Å². The van der Waals surface area contributed by atoms with Crippen LogP contribution in [0.2, 0.25) is 5.02 Å². The van der Waals surface area contributed by atoms with Crippen LogP contribution in [0.15, 0.2) is 36.4 Å². The fourth-order valence-electron chi connectivity index (χ4n) is 2.09. The number of anilines is 1. The van der Waals surface area contributed by atoms with Gasteiger partial charge in [-0.1, -0.05) is 42.8 Å². The minimum atomic E-state index is -0.687. The molecule has 2 aromatic carbocycles. The average molecular weight is 309 g/mol. The molecule has 0 atom stereocenters. The van der Waals surface area contributed by atoms with Gasteiger partial charge < -0.3 is 5.32 Å². The number of nitrogens with one attached hydrogen (secondary N) is 1. The van der Waals surface area contributed by atoms with E-state index in [0.717, 1.165) is 29.7 Å². The molecule has 0 aliphatic heterocycles. The van der Waals surface area contributed by atoms with Crippen molar-refractivity contribution < 1.29 is 9.31 Å². The highest BCUT2D eigenvalue weighted by Gasteiger charge is 2.17. The molecule has 0 fully saturated rings. The Balaban J connectivity index is 2.27. The molecule has 4 nitrogen and oxygen atoms in total. The summed E-state index contributed by atoms with van der Waals surface area (Å²) in [5.41, 5.74) is 2.04. The van der Waals surface area contributed by atoms with E-state index in [1.165, 1.54) is 0 Å². The minimum Gasteiger partial charge on any atom is -0.375 e. The van der Waals surface area contributed by atoms with E-state index in [1.807, 2.05) is 31.2 Å². The first-order valence-corrected chi connectivity index (χ1v) is 6.84. The van der Waals surface area contributed by atoms with Crippen LogP contribution in [0.5, 0.6) is 0 Å². The van der Waals surface area contributed by atoms with Crippen LogP contribution in [0.1, 0.15) is 18.1 Å². The van der Waals surface area contributed by atoms with Crippen LogP contribution < -0.4 is 5.32 Å². The van der Waals surface area contributed by atoms with Crippen LogP contribution in [0, 0.1) is 15.9 Å². The lowest BCUT2D eigenvalue weighted by Gasteiger charge is -2.11. The molecular formula is C15H14ClFN2O2. The standard InChI is InChI=1S/C15H14ClFN2O2/c1-2-10-5-3-4-6-11(10)9-18-14-8-13(17)12(16)7-15(14)19(20)21/h3-8,18H,2,9H2,1H3. The molecule has 0 bridgehead atoms. The molecule has 0 aliphatic rings. The Morgan fingerprint density at radius 1 is 1.29 bits per heavy atom. The largest absolute Gasteiger partial charge is 0.375 e. The maximum Gasteiger partial charge on any atom is 0.294 e. The predicted octanol–water partition coefficient (Wildman–Crippen LogP) is 4.56. The van der Waals surface area contributed by atoms with Gasteiger partial charge >= 0.3 is 0 Å². The smallest absolute Gasteiger partial charge is 0.294 e. The van der Waals surface area contributed by atoms with Crippen molar-refractivity contribution in [3.8, 4) is 0 Å². The molecule has 0 unspecified atom stereocenters. The molecule has 0 radical (unpaired) electrons. The van der Waals surface area contributed by atoms with Gasteiger partial charge in [0.25, 0.3) is 5.69 Å². The average Bonchev–Trinajstić information content (AvgIpc) is 2.48. The van der Waals surface area contributed by atoms with E-state index >= 15 is 0 Å². The molecule has 2 aromatic rings. The monoisotopic (exact) mass is 308 g/mol. The van der Waals surface area contributed by atoms with Crippen molar-refractivity contribution in [1.29, 1.82) is 0 Å². The van der Waals surface area contributed by atoms with Crippen molar-refractivity contribution in [3.05, 3.63) is 68.5 Å². The minimum absolute atomic E-state index is 0.118. The number of benzene rings is 2. The molecule has 0 aromatic heterocycles. The first-order chi connectivity index (χ1) is 10.0. The number of nitro benzene ring substituents is 1. The third-order valence-electron chi connectivity index (χ3n) is 3.20. The Hall–Kier alpha value is -2.14. The summed E-state index contributed by atoms with van der Waals surface area (Å²) in [5, 5.41) is 13.7. The van der Waals surface area contributed by atoms with Gasteiger partial charge in [-0.25, -0.2) is 4.39 Å². The fraction of sp³-hybridized carbons (Fsp3) is 0.200. The fourth-order valence-corrected chi connectivity index (χ4v) is 2.25. The van der Waals surface area contributed by atoms with Gasteiger partial charge in [-0.2, -0.15) is 0 Å². The molecule has 0 amide bonds. The number of rotatable bonds is 5. The Labute approximate surface area is 126 Å². The number of hydrogen-bond donors (Lipinski definition) is 1. The third kappa shape index (κ3) is 3.49. The van der Waals surface area contributed by atoms with Gasteiger partial charge in [0, 0.05) is 18.7 Å². The molecule has 110 valence electrons. The van der Waals surface area contributed by atoms with Crippen molar-refractivity contribution in [2.45, 2.75) is 19.9 Å². The van der Waals surface area contributed by atoms with Crippen LogP contribution in [-0.2, 0) is 13.0 Å². The molecule has 21 heavy (non-hydrogen) atoms. The molecule has 2 rings (SSSR count). The van der Waals surface area contributed by atoms with E-state index in [9.17, 15) is 14.5 Å². The summed E-state index contributed by atoms with van der Waals surface area (Å²) in [4.78, 5) is 10.4. The van der Waals surface area contributed by atoms with Crippen LogP contribution >= 0.6 is 11.6 Å². The molecule has 0 heterocycles. The van der Waals surface area contributed by atoms with Crippen molar-refractivity contribution in [2.24, 2.45) is 0 Å². The third-order valence-corrected chi connectivity index (χ3v) is 3.49. The summed E-state index contributed by atoms with van der Waals surface area (Å²) >= 11 is 5.59. The van der Waals surface area contributed by atoms with Crippen LogP contribution in [-0.4, -0.2) is 4.92 Å². The second-order valence-corrected chi connectivity index (χ2v) is 4.92. The first kappa shape index (κ1) is 15.3. The SMILES string of the molecule is CCc1ccccc1CNc1cc(F)c(Cl)cc1[N+](=O)[O-]. The zero-order chi connectivity index (χ0) is 15.4. The van der Waals surface area contributed by atoms with E-state index in [-0.39, 0.29) is 16.4 Å². The van der Waals surface area contributed by atoms with Gasteiger partial charge in [0.2, 0.25) is 0 Å². The second-order valence-electron chi connectivity index (χ2n) is 4.52. The number of aryl methyl sites for hydroxylation is 1. The highest BCUT2D eigenvalue weighted by atomic mass is 35.5. The lowest BCUT2D eigenvalue weighted by Crippen LogP contribution is -2.05. The van der Waals surface area contributed by atoms with Gasteiger partial charge in [-0.3, -0.25) is 10.1 Å². The van der Waals surface area contributed by atoms with E-state index in [0.29, 0.717) is 6.54 Å². The van der Waals surface area contributed by atoms with Gasteiger partial charge in [-0.15, -0.1) is 0 Å².